The monoisotopic (exact) mass is 496 g/mol. The molecule has 2 rings (SSSR count). The zero-order valence-electron chi connectivity index (χ0n) is 22.5. The molecule has 0 spiro atoms. The van der Waals surface area contributed by atoms with E-state index in [9.17, 15) is 14.7 Å². The molecule has 1 N–H and O–H groups in total. The van der Waals surface area contributed by atoms with Crippen LogP contribution in [0.3, 0.4) is 0 Å². The highest BCUT2D eigenvalue weighted by Gasteiger charge is 2.30. The molecule has 0 amide bonds. The predicted molar refractivity (Wildman–Crippen MR) is 143 cm³/mol. The first kappa shape index (κ1) is 29.6. The SMILES string of the molecule is CC(C)(CCCCC(O)CCCCC(C)(C)C(=O)OCc1ccccc1)C(=O)OCc1ccccc1. The van der Waals surface area contributed by atoms with Gasteiger partial charge in [-0.15, -0.1) is 0 Å². The number of aliphatic hydroxyl groups excluding tert-OH is 1. The second-order valence-corrected chi connectivity index (χ2v) is 11.0. The van der Waals surface area contributed by atoms with Gasteiger partial charge in [-0.2, -0.15) is 0 Å². The Hall–Kier alpha value is -2.66. The summed E-state index contributed by atoms with van der Waals surface area (Å²) in [6, 6.07) is 19.4. The number of esters is 2. The Morgan fingerprint density at radius 2 is 1.03 bits per heavy atom. The zero-order valence-corrected chi connectivity index (χ0v) is 22.5. The quantitative estimate of drug-likeness (QED) is 0.200. The highest BCUT2D eigenvalue weighted by atomic mass is 16.5. The summed E-state index contributed by atoms with van der Waals surface area (Å²) < 4.78 is 11.0. The topological polar surface area (TPSA) is 72.8 Å². The fraction of sp³-hybridized carbons (Fsp3) is 0.548. The van der Waals surface area contributed by atoms with Crippen molar-refractivity contribution in [2.45, 2.75) is 98.4 Å². The normalized spacial score (nSPS) is 11.9. The summed E-state index contributed by atoms with van der Waals surface area (Å²) in [5, 5.41) is 10.4. The molecule has 36 heavy (non-hydrogen) atoms. The van der Waals surface area contributed by atoms with Crippen molar-refractivity contribution in [3.05, 3.63) is 71.8 Å². The molecule has 0 aromatic heterocycles. The van der Waals surface area contributed by atoms with Crippen molar-refractivity contribution >= 4 is 11.9 Å². The number of benzene rings is 2. The van der Waals surface area contributed by atoms with Crippen LogP contribution < -0.4 is 0 Å². The molecule has 0 unspecified atom stereocenters. The van der Waals surface area contributed by atoms with Gasteiger partial charge in [-0.05, 0) is 64.5 Å². The number of hydrogen-bond acceptors (Lipinski definition) is 5. The number of unbranched alkanes of at least 4 members (excludes halogenated alkanes) is 2. The van der Waals surface area contributed by atoms with Crippen molar-refractivity contribution in [2.75, 3.05) is 0 Å². The van der Waals surface area contributed by atoms with Crippen LogP contribution in [0.5, 0.6) is 0 Å². The molecule has 5 nitrogen and oxygen atoms in total. The summed E-state index contributed by atoms with van der Waals surface area (Å²) in [5.74, 6) is -0.367. The van der Waals surface area contributed by atoms with E-state index in [1.54, 1.807) is 0 Å². The summed E-state index contributed by atoms with van der Waals surface area (Å²) in [4.78, 5) is 25.0. The second kappa shape index (κ2) is 14.8. The Morgan fingerprint density at radius 3 is 1.39 bits per heavy atom. The van der Waals surface area contributed by atoms with Crippen molar-refractivity contribution in [1.82, 2.24) is 0 Å². The van der Waals surface area contributed by atoms with Crippen molar-refractivity contribution in [2.24, 2.45) is 10.8 Å². The average molecular weight is 497 g/mol. The lowest BCUT2D eigenvalue weighted by atomic mass is 9.86. The maximum absolute atomic E-state index is 12.5. The van der Waals surface area contributed by atoms with Crippen LogP contribution in [0.25, 0.3) is 0 Å². The number of aliphatic hydroxyl groups is 1. The van der Waals surface area contributed by atoms with Crippen LogP contribution in [0.4, 0.5) is 0 Å². The first-order chi connectivity index (χ1) is 17.1. The smallest absolute Gasteiger partial charge is 0.311 e. The van der Waals surface area contributed by atoms with E-state index in [-0.39, 0.29) is 18.0 Å². The summed E-state index contributed by atoms with van der Waals surface area (Å²) >= 11 is 0. The third-order valence-electron chi connectivity index (χ3n) is 6.71. The molecule has 0 aliphatic rings. The average Bonchev–Trinajstić information content (AvgIpc) is 2.87. The van der Waals surface area contributed by atoms with E-state index in [1.165, 1.54) is 0 Å². The van der Waals surface area contributed by atoms with Gasteiger partial charge in [0.1, 0.15) is 13.2 Å². The lowest BCUT2D eigenvalue weighted by Gasteiger charge is -2.23. The van der Waals surface area contributed by atoms with Gasteiger partial charge in [-0.3, -0.25) is 9.59 Å². The fourth-order valence-electron chi connectivity index (χ4n) is 4.08. The first-order valence-corrected chi connectivity index (χ1v) is 13.2. The van der Waals surface area contributed by atoms with Crippen LogP contribution in [0.1, 0.15) is 90.2 Å². The summed E-state index contributed by atoms with van der Waals surface area (Å²) in [5.41, 5.74) is 0.885. The van der Waals surface area contributed by atoms with Gasteiger partial charge < -0.3 is 14.6 Å². The molecule has 0 radical (unpaired) electrons. The van der Waals surface area contributed by atoms with Crippen LogP contribution >= 0.6 is 0 Å². The van der Waals surface area contributed by atoms with E-state index in [4.69, 9.17) is 9.47 Å². The highest BCUT2D eigenvalue weighted by molar-refractivity contribution is 5.76. The second-order valence-electron chi connectivity index (χ2n) is 11.0. The van der Waals surface area contributed by atoms with Gasteiger partial charge in [0.25, 0.3) is 0 Å². The fourth-order valence-corrected chi connectivity index (χ4v) is 4.08. The summed E-state index contributed by atoms with van der Waals surface area (Å²) in [6.07, 6.45) is 6.01. The maximum atomic E-state index is 12.5. The number of rotatable bonds is 16. The molecule has 0 atom stereocenters. The van der Waals surface area contributed by atoms with Crippen molar-refractivity contribution in [3.8, 4) is 0 Å². The molecular formula is C31H44O5. The number of ether oxygens (including phenoxy) is 2. The molecule has 0 heterocycles. The summed E-state index contributed by atoms with van der Waals surface area (Å²) in [7, 11) is 0. The molecule has 0 saturated heterocycles. The highest BCUT2D eigenvalue weighted by Crippen LogP contribution is 2.28. The molecule has 0 aliphatic carbocycles. The Kier molecular flexibility index (Phi) is 12.1. The van der Waals surface area contributed by atoms with Gasteiger partial charge in [0, 0.05) is 0 Å². The Morgan fingerprint density at radius 1 is 0.667 bits per heavy atom. The molecule has 198 valence electrons. The van der Waals surface area contributed by atoms with E-state index in [0.717, 1.165) is 62.5 Å². The zero-order chi connectivity index (χ0) is 26.4. The molecule has 0 fully saturated rings. The number of carbonyl (C=O) groups is 2. The number of carbonyl (C=O) groups excluding carboxylic acids is 2. The number of hydrogen-bond donors (Lipinski definition) is 1. The van der Waals surface area contributed by atoms with Gasteiger partial charge in [-0.1, -0.05) is 86.3 Å². The molecule has 2 aromatic rings. The van der Waals surface area contributed by atoms with Crippen molar-refractivity contribution in [3.63, 3.8) is 0 Å². The van der Waals surface area contributed by atoms with E-state index < -0.39 is 10.8 Å². The van der Waals surface area contributed by atoms with Crippen LogP contribution in [0, 0.1) is 10.8 Å². The lowest BCUT2D eigenvalue weighted by Crippen LogP contribution is -2.26. The minimum Gasteiger partial charge on any atom is -0.460 e. The standard InChI is InChI=1S/C31H44O5/c1-30(2,28(33)35-23-25-15-7-5-8-16-25)21-13-11-19-27(32)20-12-14-22-31(3,4)29(34)36-24-26-17-9-6-10-18-26/h5-10,15-18,27,32H,11-14,19-24H2,1-4H3. The Labute approximate surface area is 217 Å². The lowest BCUT2D eigenvalue weighted by molar-refractivity contribution is -0.156. The Balaban J connectivity index is 1.56. The Bertz CT molecular complexity index is 830. The van der Waals surface area contributed by atoms with Crippen molar-refractivity contribution in [1.29, 1.82) is 0 Å². The van der Waals surface area contributed by atoms with Crippen molar-refractivity contribution < 1.29 is 24.2 Å². The van der Waals surface area contributed by atoms with E-state index in [2.05, 4.69) is 0 Å². The van der Waals surface area contributed by atoms with Crippen LogP contribution in [0.15, 0.2) is 60.7 Å². The molecule has 0 aliphatic heterocycles. The van der Waals surface area contributed by atoms with Gasteiger partial charge in [0.05, 0.1) is 16.9 Å². The first-order valence-electron chi connectivity index (χ1n) is 13.2. The van der Waals surface area contributed by atoms with Gasteiger partial charge >= 0.3 is 11.9 Å². The molecule has 2 aromatic carbocycles. The van der Waals surface area contributed by atoms with Crippen LogP contribution in [-0.2, 0) is 32.3 Å². The molecule has 0 saturated carbocycles. The van der Waals surface area contributed by atoms with Gasteiger partial charge in [0.15, 0.2) is 0 Å². The van der Waals surface area contributed by atoms with Crippen LogP contribution in [-0.4, -0.2) is 23.1 Å². The van der Waals surface area contributed by atoms with Gasteiger partial charge in [0.2, 0.25) is 0 Å². The van der Waals surface area contributed by atoms with E-state index >= 15 is 0 Å². The maximum Gasteiger partial charge on any atom is 0.311 e. The van der Waals surface area contributed by atoms with E-state index in [0.29, 0.717) is 13.2 Å². The van der Waals surface area contributed by atoms with E-state index in [1.807, 2.05) is 88.4 Å². The minimum atomic E-state index is -0.541. The minimum absolute atomic E-state index is 0.184. The third-order valence-corrected chi connectivity index (χ3v) is 6.71. The molecule has 0 bridgehead atoms. The molecular weight excluding hydrogens is 452 g/mol. The third kappa shape index (κ3) is 10.9. The van der Waals surface area contributed by atoms with Crippen LogP contribution in [0.2, 0.25) is 0 Å². The largest absolute Gasteiger partial charge is 0.460 e. The van der Waals surface area contributed by atoms with Gasteiger partial charge in [-0.25, -0.2) is 0 Å². The molecule has 5 heteroatoms. The summed E-state index contributed by atoms with van der Waals surface area (Å²) in [6.45, 7) is 8.27. The predicted octanol–water partition coefficient (Wildman–Crippen LogP) is 7.01.